The van der Waals surface area contributed by atoms with Gasteiger partial charge in [0.1, 0.15) is 5.58 Å². The molecule has 2 aromatic rings. The number of nitrogens with one attached hydrogen (secondary N) is 1. The van der Waals surface area contributed by atoms with Gasteiger partial charge in [-0.3, -0.25) is 5.41 Å². The fourth-order valence-electron chi connectivity index (χ4n) is 1.56. The average molecular weight is 256 g/mol. The molecule has 17 heavy (non-hydrogen) atoms. The van der Waals surface area contributed by atoms with Crippen molar-refractivity contribution in [1.29, 1.82) is 5.41 Å². The number of hydrogen-bond acceptors (Lipinski definition) is 4. The number of rotatable bonds is 2. The third-order valence-electron chi connectivity index (χ3n) is 2.31. The smallest absolute Gasteiger partial charge is 0.254 e. The summed E-state index contributed by atoms with van der Waals surface area (Å²) >= 11 is 0. The lowest BCUT2D eigenvalue weighted by molar-refractivity contribution is 0.314. The minimum Gasteiger partial charge on any atom is -0.504 e. The van der Waals surface area contributed by atoms with Gasteiger partial charge < -0.3 is 14.3 Å². The lowest BCUT2D eigenvalue weighted by atomic mass is 10.1. The number of fused-ring (bicyclic) bond motifs is 1. The van der Waals surface area contributed by atoms with Crippen LogP contribution in [0.1, 0.15) is 18.2 Å². The van der Waals surface area contributed by atoms with Crippen molar-refractivity contribution in [1.82, 2.24) is 0 Å². The minimum absolute atomic E-state index is 0. The van der Waals surface area contributed by atoms with Crippen molar-refractivity contribution in [3.8, 4) is 5.75 Å². The third-order valence-corrected chi connectivity index (χ3v) is 2.31. The molecule has 2 rings (SSSR count). The summed E-state index contributed by atoms with van der Waals surface area (Å²) in [5.74, 6) is -0.0894. The van der Waals surface area contributed by atoms with Crippen molar-refractivity contribution in [2.45, 2.75) is 13.8 Å². The maximum Gasteiger partial charge on any atom is 0.254 e. The van der Waals surface area contributed by atoms with Gasteiger partial charge in [-0.25, -0.2) is 0 Å². The highest BCUT2D eigenvalue weighted by Crippen LogP contribution is 2.32. The topological polar surface area (TPSA) is 66.5 Å². The highest BCUT2D eigenvalue weighted by molar-refractivity contribution is 5.99. The Balaban J connectivity index is 0.00000144. The Morgan fingerprint density at radius 2 is 2.18 bits per heavy atom. The molecule has 0 bridgehead atoms. The molecule has 0 unspecified atom stereocenters. The van der Waals surface area contributed by atoms with Crippen LogP contribution >= 0.6 is 12.4 Å². The third kappa shape index (κ3) is 2.36. The van der Waals surface area contributed by atoms with Crippen LogP contribution in [-0.2, 0) is 4.74 Å². The number of furan rings is 1. The molecule has 0 aliphatic carbocycles. The summed E-state index contributed by atoms with van der Waals surface area (Å²) in [6.45, 7) is 4.08. The Labute approximate surface area is 105 Å². The van der Waals surface area contributed by atoms with Crippen LogP contribution in [0.3, 0.4) is 0 Å². The maximum atomic E-state index is 9.90. The molecule has 4 nitrogen and oxygen atoms in total. The predicted molar refractivity (Wildman–Crippen MR) is 68.3 cm³/mol. The summed E-state index contributed by atoms with van der Waals surface area (Å²) in [7, 11) is 0. The van der Waals surface area contributed by atoms with E-state index in [9.17, 15) is 5.11 Å². The number of benzene rings is 1. The quantitative estimate of drug-likeness (QED) is 0.640. The van der Waals surface area contributed by atoms with E-state index in [1.54, 1.807) is 13.0 Å². The van der Waals surface area contributed by atoms with E-state index < -0.39 is 0 Å². The molecule has 0 radical (unpaired) electrons. The van der Waals surface area contributed by atoms with Crippen molar-refractivity contribution in [2.75, 3.05) is 6.61 Å². The molecule has 1 heterocycles. The van der Waals surface area contributed by atoms with Crippen LogP contribution < -0.4 is 0 Å². The second-order valence-corrected chi connectivity index (χ2v) is 3.54. The molecular weight excluding hydrogens is 242 g/mol. The van der Waals surface area contributed by atoms with E-state index in [1.807, 2.05) is 19.1 Å². The number of aromatic hydroxyl groups is 1. The van der Waals surface area contributed by atoms with Gasteiger partial charge >= 0.3 is 0 Å². The van der Waals surface area contributed by atoms with Gasteiger partial charge in [0.15, 0.2) is 5.75 Å². The van der Waals surface area contributed by atoms with Gasteiger partial charge in [-0.1, -0.05) is 11.6 Å². The fraction of sp³-hybridized carbons (Fsp3) is 0.250. The largest absolute Gasteiger partial charge is 0.504 e. The predicted octanol–water partition coefficient (Wildman–Crippen LogP) is 3.23. The standard InChI is InChI=1S/C12H13NO3.ClH/c1-3-15-12(13)11-10(14)8-6-7(2)4-5-9(8)16-11;/h4-6,13-14H,3H2,1-2H3;1H. The molecule has 0 atom stereocenters. The van der Waals surface area contributed by atoms with Gasteiger partial charge in [0.2, 0.25) is 5.76 Å². The van der Waals surface area contributed by atoms with E-state index in [1.165, 1.54) is 0 Å². The van der Waals surface area contributed by atoms with Gasteiger partial charge in [-0.15, -0.1) is 12.4 Å². The minimum atomic E-state index is -0.145. The van der Waals surface area contributed by atoms with Crippen LogP contribution in [0.15, 0.2) is 22.6 Å². The summed E-state index contributed by atoms with van der Waals surface area (Å²) in [6.07, 6.45) is 0. The zero-order valence-corrected chi connectivity index (χ0v) is 10.4. The van der Waals surface area contributed by atoms with Crippen molar-refractivity contribution < 1.29 is 14.3 Å². The molecule has 0 saturated heterocycles. The van der Waals surface area contributed by atoms with E-state index in [0.29, 0.717) is 17.6 Å². The number of hydrogen-bond donors (Lipinski definition) is 2. The van der Waals surface area contributed by atoms with Gasteiger partial charge in [-0.05, 0) is 26.0 Å². The summed E-state index contributed by atoms with van der Waals surface area (Å²) in [5.41, 5.74) is 1.58. The van der Waals surface area contributed by atoms with Crippen molar-refractivity contribution >= 4 is 29.3 Å². The van der Waals surface area contributed by atoms with Gasteiger partial charge in [0, 0.05) is 0 Å². The van der Waals surface area contributed by atoms with E-state index in [-0.39, 0.29) is 29.8 Å². The molecule has 0 saturated carbocycles. The van der Waals surface area contributed by atoms with Crippen LogP contribution in [-0.4, -0.2) is 17.6 Å². The normalized spacial score (nSPS) is 10.0. The first-order valence-electron chi connectivity index (χ1n) is 5.07. The highest BCUT2D eigenvalue weighted by Gasteiger charge is 2.18. The van der Waals surface area contributed by atoms with Crippen LogP contribution in [0.4, 0.5) is 0 Å². The Morgan fingerprint density at radius 1 is 1.47 bits per heavy atom. The summed E-state index contributed by atoms with van der Waals surface area (Å²) < 4.78 is 10.4. The second-order valence-electron chi connectivity index (χ2n) is 3.54. The Kier molecular flexibility index (Phi) is 4.02. The fourth-order valence-corrected chi connectivity index (χ4v) is 1.56. The monoisotopic (exact) mass is 255 g/mol. The molecule has 2 N–H and O–H groups in total. The van der Waals surface area contributed by atoms with Crippen LogP contribution in [0.2, 0.25) is 0 Å². The molecule has 5 heteroatoms. The van der Waals surface area contributed by atoms with E-state index in [2.05, 4.69) is 0 Å². The average Bonchev–Trinajstić information content (AvgIpc) is 2.57. The van der Waals surface area contributed by atoms with Crippen molar-refractivity contribution in [3.63, 3.8) is 0 Å². The lowest BCUT2D eigenvalue weighted by Crippen LogP contribution is -2.03. The lowest BCUT2D eigenvalue weighted by Gasteiger charge is -2.00. The SMILES string of the molecule is CCOC(=N)c1oc2ccc(C)cc2c1O.Cl. The molecule has 0 fully saturated rings. The Bertz CT molecular complexity index is 548. The van der Waals surface area contributed by atoms with Gasteiger partial charge in [0.05, 0.1) is 12.0 Å². The zero-order chi connectivity index (χ0) is 11.7. The molecule has 0 amide bonds. The Morgan fingerprint density at radius 3 is 2.82 bits per heavy atom. The van der Waals surface area contributed by atoms with E-state index in [4.69, 9.17) is 14.6 Å². The zero-order valence-electron chi connectivity index (χ0n) is 9.61. The van der Waals surface area contributed by atoms with E-state index in [0.717, 1.165) is 5.56 Å². The van der Waals surface area contributed by atoms with Gasteiger partial charge in [0.25, 0.3) is 5.90 Å². The first kappa shape index (κ1) is 13.4. The van der Waals surface area contributed by atoms with Gasteiger partial charge in [-0.2, -0.15) is 0 Å². The van der Waals surface area contributed by atoms with Crippen LogP contribution in [0, 0.1) is 12.3 Å². The first-order valence-corrected chi connectivity index (χ1v) is 5.07. The van der Waals surface area contributed by atoms with Crippen molar-refractivity contribution in [2.24, 2.45) is 0 Å². The Hall–Kier alpha value is -1.68. The van der Waals surface area contributed by atoms with Crippen LogP contribution in [0.5, 0.6) is 5.75 Å². The number of halogens is 1. The molecule has 0 spiro atoms. The number of ether oxygens (including phenoxy) is 1. The summed E-state index contributed by atoms with van der Waals surface area (Å²) in [4.78, 5) is 0. The molecular formula is C12H14ClNO3. The molecule has 1 aromatic carbocycles. The maximum absolute atomic E-state index is 9.90. The molecule has 92 valence electrons. The summed E-state index contributed by atoms with van der Waals surface area (Å²) in [6, 6.07) is 5.48. The highest BCUT2D eigenvalue weighted by atomic mass is 35.5. The van der Waals surface area contributed by atoms with Crippen LogP contribution in [0.25, 0.3) is 11.0 Å². The van der Waals surface area contributed by atoms with E-state index >= 15 is 0 Å². The summed E-state index contributed by atoms with van der Waals surface area (Å²) in [5, 5.41) is 18.1. The first-order chi connectivity index (χ1) is 7.63. The number of aryl methyl sites for hydroxylation is 1. The molecule has 0 aliphatic rings. The van der Waals surface area contributed by atoms with Crippen molar-refractivity contribution in [3.05, 3.63) is 29.5 Å². The molecule has 1 aromatic heterocycles. The second kappa shape index (κ2) is 5.10. The molecule has 0 aliphatic heterocycles.